The minimum absolute atomic E-state index is 0.0582. The normalized spacial score (nSPS) is 24.0. The van der Waals surface area contributed by atoms with Crippen LogP contribution in [0.15, 0.2) is 6.33 Å². The molecule has 17 heavy (non-hydrogen) atoms. The van der Waals surface area contributed by atoms with Gasteiger partial charge in [0.15, 0.2) is 0 Å². The highest BCUT2D eigenvalue weighted by molar-refractivity contribution is 4.86. The second-order valence-corrected chi connectivity index (χ2v) is 5.09. The molecule has 0 atom stereocenters. The molecule has 0 amide bonds. The van der Waals surface area contributed by atoms with Gasteiger partial charge in [0.2, 0.25) is 0 Å². The van der Waals surface area contributed by atoms with Crippen molar-refractivity contribution in [3.8, 4) is 0 Å². The molecule has 1 aromatic heterocycles. The fourth-order valence-corrected chi connectivity index (χ4v) is 2.41. The summed E-state index contributed by atoms with van der Waals surface area (Å²) in [4.78, 5) is 6.57. The van der Waals surface area contributed by atoms with Crippen molar-refractivity contribution >= 4 is 0 Å². The molecule has 2 rings (SSSR count). The van der Waals surface area contributed by atoms with Crippen molar-refractivity contribution in [1.82, 2.24) is 19.7 Å². The summed E-state index contributed by atoms with van der Waals surface area (Å²) in [6, 6.07) is 0. The Balaban J connectivity index is 1.80. The summed E-state index contributed by atoms with van der Waals surface area (Å²) >= 11 is 0. The first kappa shape index (κ1) is 12.5. The Hall–Kier alpha value is -0.940. The number of hydrogen-bond donors (Lipinski definition) is 1. The molecule has 5 heteroatoms. The fraction of sp³-hybridized carbons (Fsp3) is 0.833. The van der Waals surface area contributed by atoms with Crippen LogP contribution in [0, 0.1) is 5.92 Å². The summed E-state index contributed by atoms with van der Waals surface area (Å²) in [5.41, 5.74) is 0. The summed E-state index contributed by atoms with van der Waals surface area (Å²) in [7, 11) is 2.11. The minimum atomic E-state index is -0.0582. The Morgan fingerprint density at radius 1 is 1.53 bits per heavy atom. The average Bonchev–Trinajstić information content (AvgIpc) is 2.64. The zero-order valence-corrected chi connectivity index (χ0v) is 10.7. The van der Waals surface area contributed by atoms with E-state index in [1.54, 1.807) is 6.33 Å². The van der Waals surface area contributed by atoms with Crippen molar-refractivity contribution in [1.29, 1.82) is 0 Å². The van der Waals surface area contributed by atoms with Crippen LogP contribution in [-0.2, 0) is 13.1 Å². The molecule has 0 spiro atoms. The molecule has 1 saturated carbocycles. The van der Waals surface area contributed by atoms with E-state index in [4.69, 9.17) is 0 Å². The van der Waals surface area contributed by atoms with Gasteiger partial charge >= 0.3 is 0 Å². The molecule has 0 bridgehead atoms. The topological polar surface area (TPSA) is 54.2 Å². The molecule has 1 N–H and O–H groups in total. The zero-order valence-electron chi connectivity index (χ0n) is 10.7. The highest BCUT2D eigenvalue weighted by Crippen LogP contribution is 2.27. The van der Waals surface area contributed by atoms with Gasteiger partial charge in [-0.2, -0.15) is 5.10 Å². The van der Waals surface area contributed by atoms with Gasteiger partial charge in [0.1, 0.15) is 12.2 Å². The summed E-state index contributed by atoms with van der Waals surface area (Å²) in [6.45, 7) is 4.96. The lowest BCUT2D eigenvalue weighted by molar-refractivity contribution is 0.0269. The largest absolute Gasteiger partial charge is 0.393 e. The maximum absolute atomic E-state index is 9.26. The third-order valence-corrected chi connectivity index (χ3v) is 3.32. The third-order valence-electron chi connectivity index (χ3n) is 3.32. The molecule has 1 aliphatic carbocycles. The molecule has 0 saturated heterocycles. The molecule has 5 nitrogen and oxygen atoms in total. The Morgan fingerprint density at radius 3 is 2.94 bits per heavy atom. The van der Waals surface area contributed by atoms with Crippen LogP contribution in [0.2, 0.25) is 0 Å². The second-order valence-electron chi connectivity index (χ2n) is 5.09. The number of aryl methyl sites for hydroxylation is 1. The summed E-state index contributed by atoms with van der Waals surface area (Å²) in [5, 5.41) is 13.5. The van der Waals surface area contributed by atoms with Crippen molar-refractivity contribution in [2.45, 2.75) is 45.4 Å². The molecular weight excluding hydrogens is 216 g/mol. The standard InChI is InChI=1S/C12H22N4O/c1-3-4-16-12(13-9-14-16)8-15(2)7-10-5-11(17)6-10/h9-11,17H,3-8H2,1-2H3. The lowest BCUT2D eigenvalue weighted by Gasteiger charge is -2.34. The van der Waals surface area contributed by atoms with Crippen molar-refractivity contribution in [2.24, 2.45) is 5.92 Å². The molecule has 1 fully saturated rings. The van der Waals surface area contributed by atoms with E-state index in [0.717, 1.165) is 44.7 Å². The fourth-order valence-electron chi connectivity index (χ4n) is 2.41. The molecule has 0 radical (unpaired) electrons. The van der Waals surface area contributed by atoms with Crippen molar-refractivity contribution < 1.29 is 5.11 Å². The van der Waals surface area contributed by atoms with Crippen molar-refractivity contribution in [2.75, 3.05) is 13.6 Å². The lowest BCUT2D eigenvalue weighted by Crippen LogP contribution is -2.37. The van der Waals surface area contributed by atoms with Crippen LogP contribution in [0.4, 0.5) is 0 Å². The van der Waals surface area contributed by atoms with Crippen LogP contribution in [-0.4, -0.2) is 44.5 Å². The lowest BCUT2D eigenvalue weighted by atomic mass is 9.82. The van der Waals surface area contributed by atoms with Crippen molar-refractivity contribution in [3.63, 3.8) is 0 Å². The summed E-state index contributed by atoms with van der Waals surface area (Å²) in [5.74, 6) is 1.69. The SMILES string of the molecule is CCCn1ncnc1CN(C)CC1CC(O)C1. The van der Waals surface area contributed by atoms with E-state index < -0.39 is 0 Å². The number of aliphatic hydroxyl groups excluding tert-OH is 1. The van der Waals surface area contributed by atoms with Gasteiger partial charge in [0.05, 0.1) is 12.6 Å². The average molecular weight is 238 g/mol. The number of rotatable bonds is 6. The Bertz CT molecular complexity index is 346. The predicted octanol–water partition coefficient (Wildman–Crippen LogP) is 0.891. The van der Waals surface area contributed by atoms with E-state index in [1.807, 2.05) is 4.68 Å². The van der Waals surface area contributed by atoms with Crippen LogP contribution in [0.5, 0.6) is 0 Å². The minimum Gasteiger partial charge on any atom is -0.393 e. The number of aliphatic hydroxyl groups is 1. The van der Waals surface area contributed by atoms with Gasteiger partial charge in [0.25, 0.3) is 0 Å². The van der Waals surface area contributed by atoms with Crippen molar-refractivity contribution in [3.05, 3.63) is 12.2 Å². The molecule has 1 heterocycles. The smallest absolute Gasteiger partial charge is 0.140 e. The molecule has 0 aromatic carbocycles. The van der Waals surface area contributed by atoms with Gasteiger partial charge in [-0.3, -0.25) is 4.90 Å². The van der Waals surface area contributed by atoms with Gasteiger partial charge in [-0.15, -0.1) is 0 Å². The second kappa shape index (κ2) is 5.60. The van der Waals surface area contributed by atoms with E-state index in [9.17, 15) is 5.11 Å². The third kappa shape index (κ3) is 3.26. The molecular formula is C12H22N4O. The highest BCUT2D eigenvalue weighted by atomic mass is 16.3. The monoisotopic (exact) mass is 238 g/mol. The number of hydrogen-bond acceptors (Lipinski definition) is 4. The molecule has 0 aliphatic heterocycles. The molecule has 1 aromatic rings. The van der Waals surface area contributed by atoms with Gasteiger partial charge < -0.3 is 5.11 Å². The Morgan fingerprint density at radius 2 is 2.29 bits per heavy atom. The number of aromatic nitrogens is 3. The molecule has 1 aliphatic rings. The van der Waals surface area contributed by atoms with Gasteiger partial charge in [-0.05, 0) is 32.2 Å². The Kier molecular flexibility index (Phi) is 4.12. The van der Waals surface area contributed by atoms with Crippen LogP contribution in [0.25, 0.3) is 0 Å². The van der Waals surface area contributed by atoms with E-state index in [1.165, 1.54) is 0 Å². The maximum atomic E-state index is 9.26. The summed E-state index contributed by atoms with van der Waals surface area (Å²) in [6.07, 6.45) is 4.55. The quantitative estimate of drug-likeness (QED) is 0.799. The van der Waals surface area contributed by atoms with Crippen LogP contribution in [0.3, 0.4) is 0 Å². The van der Waals surface area contributed by atoms with Crippen LogP contribution in [0.1, 0.15) is 32.0 Å². The summed E-state index contributed by atoms with van der Waals surface area (Å²) < 4.78 is 1.98. The number of nitrogens with zero attached hydrogens (tertiary/aromatic N) is 4. The van der Waals surface area contributed by atoms with Gasteiger partial charge in [-0.1, -0.05) is 6.92 Å². The van der Waals surface area contributed by atoms with E-state index in [2.05, 4.69) is 29.0 Å². The first-order valence-corrected chi connectivity index (χ1v) is 6.42. The first-order valence-electron chi connectivity index (χ1n) is 6.42. The zero-order chi connectivity index (χ0) is 12.3. The first-order chi connectivity index (χ1) is 8.19. The molecule has 0 unspecified atom stereocenters. The Labute approximate surface area is 102 Å². The predicted molar refractivity (Wildman–Crippen MR) is 65.4 cm³/mol. The van der Waals surface area contributed by atoms with E-state index in [-0.39, 0.29) is 6.10 Å². The van der Waals surface area contributed by atoms with E-state index >= 15 is 0 Å². The maximum Gasteiger partial charge on any atom is 0.140 e. The van der Waals surface area contributed by atoms with Crippen LogP contribution < -0.4 is 0 Å². The van der Waals surface area contributed by atoms with E-state index in [0.29, 0.717) is 5.92 Å². The van der Waals surface area contributed by atoms with Gasteiger partial charge in [-0.25, -0.2) is 9.67 Å². The van der Waals surface area contributed by atoms with Crippen LogP contribution >= 0.6 is 0 Å². The van der Waals surface area contributed by atoms with Gasteiger partial charge in [0, 0.05) is 13.1 Å². The highest BCUT2D eigenvalue weighted by Gasteiger charge is 2.28. The molecule has 96 valence electrons.